The van der Waals surface area contributed by atoms with E-state index >= 15 is 0 Å². The van der Waals surface area contributed by atoms with E-state index in [4.69, 9.17) is 10.5 Å². The average Bonchev–Trinajstić information content (AvgIpc) is 3.30. The second-order valence-electron chi connectivity index (χ2n) is 13.2. The van der Waals surface area contributed by atoms with E-state index in [0.29, 0.717) is 53.0 Å². The summed E-state index contributed by atoms with van der Waals surface area (Å²) in [7, 11) is -1.64. The maximum Gasteiger partial charge on any atom is 0.371 e. The van der Waals surface area contributed by atoms with Crippen LogP contribution in [0.5, 0.6) is 0 Å². The maximum absolute atomic E-state index is 13.1. The standard InChI is InChI=1S/C32H45N7O6S/c1-35-30-24(4-2-6-27(30)39(32(35)42)28-7-8-29(40)34-31(28)41)5-3-21-45-26-13-15-36(16-14-26)22-23-9-17-37(18-10-23)46(43,44)38-19-11-25(33)12-20-38/h2,4,6,23,25-26,28H,7-22,33H2,1H3,(H,34,40,41)/p+1. The molecule has 0 radical (unpaired) electrons. The lowest BCUT2D eigenvalue weighted by Gasteiger charge is -2.37. The number of piperidine rings is 4. The second-order valence-corrected chi connectivity index (χ2v) is 15.2. The Morgan fingerprint density at radius 2 is 1.72 bits per heavy atom. The first kappa shape index (κ1) is 32.9. The predicted octanol–water partition coefficient (Wildman–Crippen LogP) is -0.887. The topological polar surface area (TPSA) is 153 Å². The van der Waals surface area contributed by atoms with Crippen molar-refractivity contribution in [2.75, 3.05) is 52.4 Å². The van der Waals surface area contributed by atoms with Gasteiger partial charge in [0.25, 0.3) is 0 Å². The number of nitrogens with two attached hydrogens (primary N) is 1. The number of benzene rings is 1. The number of carbonyl (C=O) groups excluding carboxylic acids is 2. The average molecular weight is 657 g/mol. The van der Waals surface area contributed by atoms with E-state index in [9.17, 15) is 22.8 Å². The molecule has 4 fully saturated rings. The molecular weight excluding hydrogens is 610 g/mol. The van der Waals surface area contributed by atoms with Crippen LogP contribution in [0, 0.1) is 17.8 Å². The summed E-state index contributed by atoms with van der Waals surface area (Å²) in [6.07, 6.45) is 5.78. The number of imide groups is 1. The van der Waals surface area contributed by atoms with Crippen molar-refractivity contribution in [2.24, 2.45) is 18.7 Å². The molecule has 2 aromatic rings. The number of nitrogens with one attached hydrogen (secondary N) is 2. The first-order chi connectivity index (χ1) is 22.1. The number of imidazole rings is 1. The normalized spacial score (nSPS) is 26.2. The highest BCUT2D eigenvalue weighted by molar-refractivity contribution is 7.82. The summed E-state index contributed by atoms with van der Waals surface area (Å²) in [6, 6.07) is 4.85. The summed E-state index contributed by atoms with van der Waals surface area (Å²) in [5, 5.41) is 2.34. The van der Waals surface area contributed by atoms with Gasteiger partial charge in [-0.05, 0) is 50.2 Å². The molecule has 2 amide bonds. The number of nitrogens with zero attached hydrogens (tertiary/aromatic N) is 4. The molecule has 0 aliphatic carbocycles. The molecule has 46 heavy (non-hydrogen) atoms. The molecule has 6 rings (SSSR count). The van der Waals surface area contributed by atoms with E-state index in [1.807, 2.05) is 12.1 Å². The highest BCUT2D eigenvalue weighted by atomic mass is 32.2. The first-order valence-corrected chi connectivity index (χ1v) is 18.0. The van der Waals surface area contributed by atoms with E-state index in [0.717, 1.165) is 58.2 Å². The van der Waals surface area contributed by atoms with Gasteiger partial charge in [-0.15, -0.1) is 0 Å². The quantitative estimate of drug-likeness (QED) is 0.257. The summed E-state index contributed by atoms with van der Waals surface area (Å²) in [5.41, 5.74) is 7.60. The van der Waals surface area contributed by atoms with Gasteiger partial charge in [0, 0.05) is 65.1 Å². The third-order valence-corrected chi connectivity index (χ3v) is 12.3. The van der Waals surface area contributed by atoms with Crippen molar-refractivity contribution in [3.63, 3.8) is 0 Å². The predicted molar refractivity (Wildman–Crippen MR) is 172 cm³/mol. The summed E-state index contributed by atoms with van der Waals surface area (Å²) in [4.78, 5) is 39.7. The van der Waals surface area contributed by atoms with Gasteiger partial charge >= 0.3 is 15.9 Å². The number of quaternary nitrogens is 1. The van der Waals surface area contributed by atoms with Crippen molar-refractivity contribution in [3.05, 3.63) is 34.2 Å². The smallest absolute Gasteiger partial charge is 0.365 e. The van der Waals surface area contributed by atoms with Gasteiger partial charge in [-0.2, -0.15) is 12.7 Å². The summed E-state index contributed by atoms with van der Waals surface area (Å²) in [5.74, 6) is 6.01. The van der Waals surface area contributed by atoms with Gasteiger partial charge in [-0.25, -0.2) is 9.10 Å². The number of fused-ring (bicyclic) bond motifs is 1. The van der Waals surface area contributed by atoms with Crippen LogP contribution in [0.25, 0.3) is 11.0 Å². The molecule has 1 aromatic heterocycles. The number of carbonyl (C=O) groups is 2. The van der Waals surface area contributed by atoms with Gasteiger partial charge in [0.1, 0.15) is 12.6 Å². The Balaban J connectivity index is 0.966. The monoisotopic (exact) mass is 656 g/mol. The van der Waals surface area contributed by atoms with Crippen LogP contribution in [-0.4, -0.2) is 103 Å². The third-order valence-electron chi connectivity index (χ3n) is 10.2. The van der Waals surface area contributed by atoms with Crippen LogP contribution in [0.2, 0.25) is 0 Å². The fourth-order valence-corrected chi connectivity index (χ4v) is 9.23. The number of aromatic nitrogens is 2. The number of likely N-dealkylation sites (tertiary alicyclic amines) is 1. The number of hydrogen-bond donors (Lipinski definition) is 3. The molecule has 14 heteroatoms. The van der Waals surface area contributed by atoms with E-state index < -0.39 is 22.2 Å². The van der Waals surface area contributed by atoms with Gasteiger partial charge < -0.3 is 15.4 Å². The minimum absolute atomic E-state index is 0.113. The maximum atomic E-state index is 13.1. The molecule has 0 bridgehead atoms. The molecule has 4 N–H and O–H groups in total. The van der Waals surface area contributed by atoms with Crippen molar-refractivity contribution in [1.82, 2.24) is 23.7 Å². The fraction of sp³-hybridized carbons (Fsp3) is 0.656. The van der Waals surface area contributed by atoms with Crippen molar-refractivity contribution in [2.45, 2.75) is 69.6 Å². The molecule has 0 saturated carbocycles. The third kappa shape index (κ3) is 6.95. The minimum Gasteiger partial charge on any atom is -0.365 e. The Kier molecular flexibility index (Phi) is 9.98. The van der Waals surface area contributed by atoms with Gasteiger partial charge in [-0.3, -0.25) is 24.0 Å². The van der Waals surface area contributed by atoms with E-state index in [1.54, 1.807) is 17.4 Å². The highest BCUT2D eigenvalue weighted by Crippen LogP contribution is 2.25. The van der Waals surface area contributed by atoms with Crippen molar-refractivity contribution in [3.8, 4) is 11.8 Å². The molecule has 4 aliphatic rings. The van der Waals surface area contributed by atoms with Gasteiger partial charge in [0.05, 0.1) is 35.8 Å². The summed E-state index contributed by atoms with van der Waals surface area (Å²) in [6.45, 7) is 5.59. The van der Waals surface area contributed by atoms with Gasteiger partial charge in [-0.1, -0.05) is 17.9 Å². The largest absolute Gasteiger partial charge is 0.371 e. The van der Waals surface area contributed by atoms with Crippen LogP contribution >= 0.6 is 0 Å². The van der Waals surface area contributed by atoms with Crippen LogP contribution in [0.3, 0.4) is 0 Å². The molecule has 13 nitrogen and oxygen atoms in total. The van der Waals surface area contributed by atoms with Crippen molar-refractivity contribution in [1.29, 1.82) is 0 Å². The zero-order chi connectivity index (χ0) is 32.4. The molecule has 250 valence electrons. The van der Waals surface area contributed by atoms with Crippen LogP contribution in [0.15, 0.2) is 23.0 Å². The number of aryl methyl sites for hydroxylation is 1. The number of para-hydroxylation sites is 1. The number of amides is 2. The van der Waals surface area contributed by atoms with E-state index in [1.165, 1.54) is 9.13 Å². The summed E-state index contributed by atoms with van der Waals surface area (Å²) >= 11 is 0. The van der Waals surface area contributed by atoms with E-state index in [2.05, 4.69) is 22.1 Å². The molecule has 1 atom stereocenters. The zero-order valence-electron chi connectivity index (χ0n) is 26.6. The minimum atomic E-state index is -3.31. The number of ether oxygens (including phenoxy) is 1. The molecule has 4 aliphatic heterocycles. The lowest BCUT2D eigenvalue weighted by Crippen LogP contribution is -3.16. The van der Waals surface area contributed by atoms with Crippen LogP contribution in [0.4, 0.5) is 0 Å². The molecule has 5 heterocycles. The Hall–Kier alpha value is -3.06. The SMILES string of the molecule is Cn1c(=O)n(C2CCC(=O)NC2=O)c2cccc(C#CCOC3CCN(CC4CC[NH+](S(=O)(=O)N5CCC(N)CC5)CC4)CC3)c21. The van der Waals surface area contributed by atoms with Crippen molar-refractivity contribution < 1.29 is 27.0 Å². The van der Waals surface area contributed by atoms with Crippen LogP contribution in [0.1, 0.15) is 63.0 Å². The Morgan fingerprint density at radius 3 is 2.41 bits per heavy atom. The molecule has 4 saturated heterocycles. The number of rotatable bonds is 7. The molecule has 0 spiro atoms. The Bertz CT molecular complexity index is 1670. The fourth-order valence-electron chi connectivity index (χ4n) is 7.42. The highest BCUT2D eigenvalue weighted by Gasteiger charge is 2.38. The molecule has 1 unspecified atom stereocenters. The lowest BCUT2D eigenvalue weighted by molar-refractivity contribution is -0.778. The van der Waals surface area contributed by atoms with Gasteiger partial charge in [0.2, 0.25) is 11.8 Å². The zero-order valence-corrected chi connectivity index (χ0v) is 27.4. The van der Waals surface area contributed by atoms with Gasteiger partial charge in [0.15, 0.2) is 0 Å². The number of hydrogen-bond acceptors (Lipinski definition) is 8. The van der Waals surface area contributed by atoms with Crippen molar-refractivity contribution >= 4 is 33.1 Å². The summed E-state index contributed by atoms with van der Waals surface area (Å²) < 4.78 is 37.7. The Labute approximate surface area is 270 Å². The molecule has 1 aromatic carbocycles. The first-order valence-electron chi connectivity index (χ1n) is 16.6. The Morgan fingerprint density at radius 1 is 1.00 bits per heavy atom. The lowest BCUT2D eigenvalue weighted by atomic mass is 9.96. The van der Waals surface area contributed by atoms with Crippen LogP contribution in [-0.2, 0) is 31.6 Å². The van der Waals surface area contributed by atoms with E-state index in [-0.39, 0.29) is 43.2 Å². The molecular formula is C32H46N7O6S+. The van der Waals surface area contributed by atoms with Crippen LogP contribution < -0.4 is 21.0 Å². The second kappa shape index (κ2) is 14.0.